The summed E-state index contributed by atoms with van der Waals surface area (Å²) in [6.07, 6.45) is 56.1. The van der Waals surface area contributed by atoms with Crippen LogP contribution in [0.1, 0.15) is 226 Å². The zero-order chi connectivity index (χ0) is 54.0. The van der Waals surface area contributed by atoms with Crippen molar-refractivity contribution in [2.75, 3.05) is 13.2 Å². The van der Waals surface area contributed by atoms with Crippen LogP contribution in [-0.4, -0.2) is 99.6 Å². The molecule has 0 aromatic rings. The summed E-state index contributed by atoms with van der Waals surface area (Å²) < 4.78 is 17.5. The van der Waals surface area contributed by atoms with Crippen molar-refractivity contribution in [3.63, 3.8) is 0 Å². The minimum absolute atomic E-state index is 0.0759. The smallest absolute Gasteiger partial charge is 0.306 e. The Kier molecular flexibility index (Phi) is 46.7. The number of allylic oxidation sites excluding steroid dienone is 14. The molecule has 1 heterocycles. The van der Waals surface area contributed by atoms with Gasteiger partial charge in [-0.3, -0.25) is 9.59 Å². The van der Waals surface area contributed by atoms with Crippen LogP contribution >= 0.6 is 0 Å². The van der Waals surface area contributed by atoms with Gasteiger partial charge in [-0.05, 0) is 83.5 Å². The molecular weight excluding hydrogens is 931 g/mol. The van der Waals surface area contributed by atoms with Crippen LogP contribution in [0, 0.1) is 0 Å². The van der Waals surface area contributed by atoms with Crippen molar-refractivity contribution in [2.24, 2.45) is 0 Å². The second-order valence-corrected chi connectivity index (χ2v) is 20.0. The first kappa shape index (κ1) is 68.6. The monoisotopic (exact) mass is 1040 g/mol. The molecule has 74 heavy (non-hydrogen) atoms. The van der Waals surface area contributed by atoms with Crippen LogP contribution < -0.4 is 5.32 Å². The Morgan fingerprint density at radius 3 is 1.46 bits per heavy atom. The zero-order valence-electron chi connectivity index (χ0n) is 46.7. The van der Waals surface area contributed by atoms with Gasteiger partial charge in [0, 0.05) is 12.8 Å². The largest absolute Gasteiger partial charge is 0.454 e. The molecule has 0 saturated carbocycles. The van der Waals surface area contributed by atoms with Crippen molar-refractivity contribution in [3.05, 3.63) is 97.2 Å². The van der Waals surface area contributed by atoms with E-state index in [1.807, 2.05) is 12.2 Å². The third-order valence-electron chi connectivity index (χ3n) is 13.2. The number of unbranched alkanes of at least 4 members (excludes halogenated alkanes) is 21. The summed E-state index contributed by atoms with van der Waals surface area (Å²) in [6, 6.07) is -1.06. The first-order chi connectivity index (χ1) is 36.2. The van der Waals surface area contributed by atoms with Gasteiger partial charge in [0.1, 0.15) is 24.4 Å². The number of carbonyl (C=O) groups is 2. The van der Waals surface area contributed by atoms with Crippen molar-refractivity contribution < 1.29 is 49.3 Å². The number of hydrogen-bond acceptors (Lipinski definition) is 10. The molecule has 0 aromatic heterocycles. The molecule has 11 heteroatoms. The maximum Gasteiger partial charge on any atom is 0.306 e. The van der Waals surface area contributed by atoms with E-state index < -0.39 is 67.4 Å². The second kappa shape index (κ2) is 50.4. The molecule has 0 bridgehead atoms. The highest BCUT2D eigenvalue weighted by atomic mass is 16.7. The van der Waals surface area contributed by atoms with Gasteiger partial charge in [-0.1, -0.05) is 227 Å². The lowest BCUT2D eigenvalue weighted by Crippen LogP contribution is -2.61. The van der Waals surface area contributed by atoms with Gasteiger partial charge < -0.3 is 45.1 Å². The predicted molar refractivity (Wildman–Crippen MR) is 305 cm³/mol. The predicted octanol–water partition coefficient (Wildman–Crippen LogP) is 13.6. The number of esters is 1. The molecule has 1 aliphatic heterocycles. The van der Waals surface area contributed by atoms with Crippen LogP contribution in [0.4, 0.5) is 0 Å². The number of hydrogen-bond donors (Lipinski definition) is 6. The third kappa shape index (κ3) is 38.2. The van der Waals surface area contributed by atoms with Gasteiger partial charge in [0.05, 0.1) is 25.4 Å². The zero-order valence-corrected chi connectivity index (χ0v) is 46.7. The van der Waals surface area contributed by atoms with E-state index in [9.17, 15) is 35.1 Å². The Morgan fingerprint density at radius 2 is 0.973 bits per heavy atom. The minimum Gasteiger partial charge on any atom is -0.454 e. The van der Waals surface area contributed by atoms with Crippen LogP contribution in [-0.2, 0) is 23.8 Å². The molecule has 8 unspecified atom stereocenters. The van der Waals surface area contributed by atoms with Gasteiger partial charge in [-0.2, -0.15) is 0 Å². The average Bonchev–Trinajstić information content (AvgIpc) is 3.40. The van der Waals surface area contributed by atoms with E-state index in [1.165, 1.54) is 83.5 Å². The summed E-state index contributed by atoms with van der Waals surface area (Å²) >= 11 is 0. The second-order valence-electron chi connectivity index (χ2n) is 20.0. The number of rotatable bonds is 48. The molecule has 0 aromatic carbocycles. The molecule has 0 aliphatic carbocycles. The van der Waals surface area contributed by atoms with Gasteiger partial charge in [0.15, 0.2) is 12.4 Å². The SMILES string of the molecule is CC/C=C\C/C=C\C/C=C\C/C=C\C/C=C\CCCCCCCC(=O)OC1C(OCC(NC(=O)C(O)C/C=C/C/C=C\CCCCCCCC)C(O)/C=C/CCCCCCCCCCCC)OC(CO)C(O)C1O. The van der Waals surface area contributed by atoms with Gasteiger partial charge >= 0.3 is 5.97 Å². The Balaban J connectivity index is 2.73. The minimum atomic E-state index is -1.64. The lowest BCUT2D eigenvalue weighted by atomic mass is 9.99. The number of ether oxygens (including phenoxy) is 3. The Hall–Kier alpha value is -3.42. The van der Waals surface area contributed by atoms with Gasteiger partial charge in [-0.15, -0.1) is 0 Å². The summed E-state index contributed by atoms with van der Waals surface area (Å²) in [7, 11) is 0. The van der Waals surface area contributed by atoms with E-state index in [2.05, 4.69) is 99.0 Å². The highest BCUT2D eigenvalue weighted by Crippen LogP contribution is 2.26. The summed E-state index contributed by atoms with van der Waals surface area (Å²) in [6.45, 7) is 5.59. The van der Waals surface area contributed by atoms with E-state index in [-0.39, 0.29) is 19.4 Å². The quantitative estimate of drug-likeness (QED) is 0.0195. The number of nitrogens with one attached hydrogen (secondary N) is 1. The topological polar surface area (TPSA) is 175 Å². The van der Waals surface area contributed by atoms with E-state index in [4.69, 9.17) is 14.2 Å². The number of aliphatic hydroxyl groups excluding tert-OH is 5. The van der Waals surface area contributed by atoms with Crippen LogP contribution in [0.15, 0.2) is 97.2 Å². The van der Waals surface area contributed by atoms with Crippen molar-refractivity contribution in [1.82, 2.24) is 5.32 Å². The van der Waals surface area contributed by atoms with Crippen LogP contribution in [0.25, 0.3) is 0 Å². The first-order valence-corrected chi connectivity index (χ1v) is 29.5. The summed E-state index contributed by atoms with van der Waals surface area (Å²) in [5.41, 5.74) is 0. The first-order valence-electron chi connectivity index (χ1n) is 29.5. The summed E-state index contributed by atoms with van der Waals surface area (Å²) in [5.74, 6) is -1.29. The van der Waals surface area contributed by atoms with E-state index >= 15 is 0 Å². The van der Waals surface area contributed by atoms with E-state index in [1.54, 1.807) is 12.2 Å². The molecule has 6 N–H and O–H groups in total. The number of aliphatic hydroxyl groups is 5. The van der Waals surface area contributed by atoms with Crippen molar-refractivity contribution in [2.45, 2.75) is 275 Å². The summed E-state index contributed by atoms with van der Waals surface area (Å²) in [4.78, 5) is 26.4. The highest BCUT2D eigenvalue weighted by molar-refractivity contribution is 5.81. The maximum atomic E-state index is 13.3. The Morgan fingerprint density at radius 1 is 0.541 bits per heavy atom. The van der Waals surface area contributed by atoms with Crippen LogP contribution in [0.2, 0.25) is 0 Å². The maximum absolute atomic E-state index is 13.3. The summed E-state index contributed by atoms with van der Waals surface area (Å²) in [5, 5.41) is 56.7. The molecule has 8 atom stereocenters. The molecule has 1 rings (SSSR count). The fraction of sp³-hybridized carbons (Fsp3) is 0.714. The molecule has 1 amide bonds. The molecule has 11 nitrogen and oxygen atoms in total. The molecule has 0 radical (unpaired) electrons. The number of amides is 1. The van der Waals surface area contributed by atoms with Gasteiger partial charge in [0.2, 0.25) is 5.91 Å². The van der Waals surface area contributed by atoms with E-state index in [0.29, 0.717) is 12.8 Å². The van der Waals surface area contributed by atoms with Crippen LogP contribution in [0.5, 0.6) is 0 Å². The number of carbonyl (C=O) groups excluding carboxylic acids is 2. The standard InChI is InChI=1S/C63H107NO10/c1-4-7-10-13-16-19-22-25-26-27-28-29-30-31-32-33-36-39-42-45-48-51-58(68)74-61-60(70)59(69)57(52-65)73-63(61)72-53-54(55(66)49-46-43-40-37-34-23-20-17-14-11-8-5-2)64-62(71)56(67)50-47-44-41-38-35-24-21-18-15-12-9-6-3/h7,10,16,19,25-26,28-29,31-32,35,38,44,46-47,49,54-57,59-61,63,65-67,69-70H,4-6,8-9,11-15,17-18,20-24,27,30,33-34,36-37,39-43,45,48,50-53H2,1-3H3,(H,64,71)/b10-7-,19-16-,26-25-,29-28-,32-31-,38-35-,47-44+,49-46+. The molecule has 424 valence electrons. The van der Waals surface area contributed by atoms with Gasteiger partial charge in [0.25, 0.3) is 0 Å². The fourth-order valence-corrected chi connectivity index (χ4v) is 8.54. The van der Waals surface area contributed by atoms with E-state index in [0.717, 1.165) is 96.3 Å². The average molecular weight is 1040 g/mol. The van der Waals surface area contributed by atoms with Crippen LogP contribution in [0.3, 0.4) is 0 Å². The molecular formula is C63H107NO10. The Labute approximate surface area is 450 Å². The Bertz CT molecular complexity index is 1570. The molecule has 1 saturated heterocycles. The lowest BCUT2D eigenvalue weighted by molar-refractivity contribution is -0.305. The van der Waals surface area contributed by atoms with Gasteiger partial charge in [-0.25, -0.2) is 0 Å². The molecule has 0 spiro atoms. The van der Waals surface area contributed by atoms with Crippen molar-refractivity contribution >= 4 is 11.9 Å². The fourth-order valence-electron chi connectivity index (χ4n) is 8.54. The highest BCUT2D eigenvalue weighted by Gasteiger charge is 2.47. The lowest BCUT2D eigenvalue weighted by Gasteiger charge is -2.41. The molecule has 1 aliphatic rings. The normalized spacial score (nSPS) is 20.0. The molecule has 1 fully saturated rings. The van der Waals surface area contributed by atoms with Crippen molar-refractivity contribution in [1.29, 1.82) is 0 Å². The van der Waals surface area contributed by atoms with Crippen molar-refractivity contribution in [3.8, 4) is 0 Å². The third-order valence-corrected chi connectivity index (χ3v) is 13.2.